The quantitative estimate of drug-likeness (QED) is 0.650. The molecule has 19 heavy (non-hydrogen) atoms. The van der Waals surface area contributed by atoms with Gasteiger partial charge >= 0.3 is 5.97 Å². The molecule has 0 saturated carbocycles. The lowest BCUT2D eigenvalue weighted by Crippen LogP contribution is -2.08. The number of esters is 1. The molecule has 0 atom stereocenters. The molecule has 0 aliphatic carbocycles. The van der Waals surface area contributed by atoms with E-state index in [0.29, 0.717) is 23.9 Å². The first kappa shape index (κ1) is 12.9. The zero-order valence-corrected chi connectivity index (χ0v) is 10.8. The van der Waals surface area contributed by atoms with Gasteiger partial charge in [-0.3, -0.25) is 5.10 Å². The minimum atomic E-state index is -0.469. The zero-order chi connectivity index (χ0) is 13.8. The molecular weight excluding hydrogens is 246 g/mol. The van der Waals surface area contributed by atoms with Crippen LogP contribution in [0.4, 0.5) is 5.69 Å². The molecule has 3 N–H and O–H groups in total. The van der Waals surface area contributed by atoms with Crippen LogP contribution < -0.4 is 10.5 Å². The van der Waals surface area contributed by atoms with Crippen LogP contribution in [0.25, 0.3) is 0 Å². The Labute approximate surface area is 110 Å². The SMILES string of the molecule is CCOC(=O)c1cc(Oc2cc(C)[nH]n2)ccc1N. The van der Waals surface area contributed by atoms with Crippen molar-refractivity contribution in [3.63, 3.8) is 0 Å². The van der Waals surface area contributed by atoms with Gasteiger partial charge in [-0.15, -0.1) is 5.10 Å². The summed E-state index contributed by atoms with van der Waals surface area (Å²) in [6.07, 6.45) is 0. The molecule has 6 heteroatoms. The zero-order valence-electron chi connectivity index (χ0n) is 10.8. The third kappa shape index (κ3) is 3.04. The number of carbonyl (C=O) groups is 1. The van der Waals surface area contributed by atoms with E-state index < -0.39 is 5.97 Å². The number of H-pyrrole nitrogens is 1. The molecule has 100 valence electrons. The fraction of sp³-hybridized carbons (Fsp3) is 0.231. The fourth-order valence-electron chi connectivity index (χ4n) is 1.55. The van der Waals surface area contributed by atoms with Crippen molar-refractivity contribution in [2.45, 2.75) is 13.8 Å². The molecule has 0 bridgehead atoms. The molecule has 2 aromatic rings. The number of nitrogens with one attached hydrogen (secondary N) is 1. The summed E-state index contributed by atoms with van der Waals surface area (Å²) in [4.78, 5) is 11.7. The van der Waals surface area contributed by atoms with Gasteiger partial charge in [-0.05, 0) is 32.0 Å². The highest BCUT2D eigenvalue weighted by molar-refractivity contribution is 5.95. The lowest BCUT2D eigenvalue weighted by molar-refractivity contribution is 0.0527. The summed E-state index contributed by atoms with van der Waals surface area (Å²) in [5.41, 5.74) is 7.26. The second-order valence-electron chi connectivity index (χ2n) is 3.96. The van der Waals surface area contributed by atoms with Crippen molar-refractivity contribution in [2.24, 2.45) is 0 Å². The molecule has 6 nitrogen and oxygen atoms in total. The molecule has 0 aliphatic rings. The first-order chi connectivity index (χ1) is 9.10. The molecule has 0 fully saturated rings. The van der Waals surface area contributed by atoms with E-state index in [9.17, 15) is 4.79 Å². The number of nitrogens with zero attached hydrogens (tertiary/aromatic N) is 1. The molecule has 0 saturated heterocycles. The van der Waals surface area contributed by atoms with Gasteiger partial charge in [0.05, 0.1) is 12.2 Å². The van der Waals surface area contributed by atoms with Gasteiger partial charge in [0, 0.05) is 17.4 Å². The van der Waals surface area contributed by atoms with Gasteiger partial charge in [-0.1, -0.05) is 0 Å². The molecule has 1 heterocycles. The molecule has 1 aromatic carbocycles. The summed E-state index contributed by atoms with van der Waals surface area (Å²) in [6.45, 7) is 3.90. The van der Waals surface area contributed by atoms with Crippen LogP contribution in [0.2, 0.25) is 0 Å². The van der Waals surface area contributed by atoms with E-state index in [1.165, 1.54) is 6.07 Å². The van der Waals surface area contributed by atoms with Crippen molar-refractivity contribution in [1.29, 1.82) is 0 Å². The maximum absolute atomic E-state index is 11.7. The van der Waals surface area contributed by atoms with E-state index in [4.69, 9.17) is 15.2 Å². The Balaban J connectivity index is 2.23. The summed E-state index contributed by atoms with van der Waals surface area (Å²) in [5.74, 6) is 0.435. The lowest BCUT2D eigenvalue weighted by Gasteiger charge is -2.07. The fourth-order valence-corrected chi connectivity index (χ4v) is 1.55. The van der Waals surface area contributed by atoms with Crippen LogP contribution in [0, 0.1) is 6.92 Å². The minimum Gasteiger partial charge on any atom is -0.462 e. The van der Waals surface area contributed by atoms with E-state index in [1.807, 2.05) is 6.92 Å². The van der Waals surface area contributed by atoms with Crippen LogP contribution in [0.1, 0.15) is 23.0 Å². The Hall–Kier alpha value is -2.50. The van der Waals surface area contributed by atoms with E-state index >= 15 is 0 Å². The third-order valence-corrected chi connectivity index (χ3v) is 2.42. The maximum Gasteiger partial charge on any atom is 0.340 e. The number of benzene rings is 1. The van der Waals surface area contributed by atoms with E-state index in [2.05, 4.69) is 10.2 Å². The van der Waals surface area contributed by atoms with E-state index in [1.54, 1.807) is 25.1 Å². The minimum absolute atomic E-state index is 0.284. The first-order valence-corrected chi connectivity index (χ1v) is 5.86. The van der Waals surface area contributed by atoms with Gasteiger partial charge in [0.25, 0.3) is 0 Å². The molecule has 1 aromatic heterocycles. The van der Waals surface area contributed by atoms with Crippen LogP contribution >= 0.6 is 0 Å². The summed E-state index contributed by atoms with van der Waals surface area (Å²) in [7, 11) is 0. The van der Waals surface area contributed by atoms with Crippen molar-refractivity contribution in [3.8, 4) is 11.6 Å². The molecule has 0 amide bonds. The predicted octanol–water partition coefficient (Wildman–Crippen LogP) is 2.27. The molecule has 0 radical (unpaired) electrons. The summed E-state index contributed by atoms with van der Waals surface area (Å²) >= 11 is 0. The molecular formula is C13H15N3O3. The highest BCUT2D eigenvalue weighted by Gasteiger charge is 2.12. The van der Waals surface area contributed by atoms with Gasteiger partial charge in [-0.2, -0.15) is 0 Å². The third-order valence-electron chi connectivity index (χ3n) is 2.42. The van der Waals surface area contributed by atoms with Crippen LogP contribution in [0.15, 0.2) is 24.3 Å². The predicted molar refractivity (Wildman–Crippen MR) is 70.2 cm³/mol. The number of nitrogen functional groups attached to an aromatic ring is 1. The Morgan fingerprint density at radius 3 is 2.84 bits per heavy atom. The second kappa shape index (κ2) is 5.43. The average Bonchev–Trinajstić information content (AvgIpc) is 2.77. The van der Waals surface area contributed by atoms with Gasteiger partial charge in [0.1, 0.15) is 5.75 Å². The van der Waals surface area contributed by atoms with Crippen molar-refractivity contribution >= 4 is 11.7 Å². The smallest absolute Gasteiger partial charge is 0.340 e. The largest absolute Gasteiger partial charge is 0.462 e. The van der Waals surface area contributed by atoms with Gasteiger partial charge in [0.15, 0.2) is 0 Å². The van der Waals surface area contributed by atoms with E-state index in [-0.39, 0.29) is 5.56 Å². The number of aromatic nitrogens is 2. The standard InChI is InChI=1S/C13H15N3O3/c1-3-18-13(17)10-7-9(4-5-11(10)14)19-12-6-8(2)15-16-12/h4-7H,3,14H2,1-2H3,(H,15,16). The number of aryl methyl sites for hydroxylation is 1. The number of carbonyl (C=O) groups excluding carboxylic acids is 1. The Kier molecular flexibility index (Phi) is 3.70. The number of anilines is 1. The number of nitrogens with two attached hydrogens (primary N) is 1. The van der Waals surface area contributed by atoms with Crippen LogP contribution in [0.3, 0.4) is 0 Å². The summed E-state index contributed by atoms with van der Waals surface area (Å²) in [6, 6.07) is 6.56. The Morgan fingerprint density at radius 1 is 1.42 bits per heavy atom. The molecule has 0 aliphatic heterocycles. The van der Waals surface area contributed by atoms with Crippen molar-refractivity contribution in [1.82, 2.24) is 10.2 Å². The Bertz CT molecular complexity index is 593. The summed E-state index contributed by atoms with van der Waals surface area (Å²) < 4.78 is 10.4. The number of ether oxygens (including phenoxy) is 2. The number of aromatic amines is 1. The normalized spacial score (nSPS) is 10.2. The Morgan fingerprint density at radius 2 is 2.21 bits per heavy atom. The van der Waals surface area contributed by atoms with Gasteiger partial charge in [-0.25, -0.2) is 4.79 Å². The second-order valence-corrected chi connectivity index (χ2v) is 3.96. The highest BCUT2D eigenvalue weighted by Crippen LogP contribution is 2.24. The van der Waals surface area contributed by atoms with Crippen LogP contribution in [0.5, 0.6) is 11.6 Å². The topological polar surface area (TPSA) is 90.2 Å². The first-order valence-electron chi connectivity index (χ1n) is 5.86. The van der Waals surface area contributed by atoms with Crippen molar-refractivity contribution in [3.05, 3.63) is 35.5 Å². The van der Waals surface area contributed by atoms with Crippen molar-refractivity contribution in [2.75, 3.05) is 12.3 Å². The van der Waals surface area contributed by atoms with E-state index in [0.717, 1.165) is 5.69 Å². The molecule has 2 rings (SSSR count). The van der Waals surface area contributed by atoms with Gasteiger partial charge < -0.3 is 15.2 Å². The lowest BCUT2D eigenvalue weighted by atomic mass is 10.2. The number of hydrogen-bond acceptors (Lipinski definition) is 5. The van der Waals surface area contributed by atoms with Crippen molar-refractivity contribution < 1.29 is 14.3 Å². The number of rotatable bonds is 4. The van der Waals surface area contributed by atoms with Crippen LogP contribution in [-0.4, -0.2) is 22.8 Å². The summed E-state index contributed by atoms with van der Waals surface area (Å²) in [5, 5.41) is 6.72. The van der Waals surface area contributed by atoms with Gasteiger partial charge in [0.2, 0.25) is 5.88 Å². The average molecular weight is 261 g/mol. The number of hydrogen-bond donors (Lipinski definition) is 2. The monoisotopic (exact) mass is 261 g/mol. The maximum atomic E-state index is 11.7. The highest BCUT2D eigenvalue weighted by atomic mass is 16.5. The molecule has 0 unspecified atom stereocenters. The molecule has 0 spiro atoms. The van der Waals surface area contributed by atoms with Crippen LogP contribution in [-0.2, 0) is 4.74 Å².